The van der Waals surface area contributed by atoms with Crippen molar-refractivity contribution >= 4 is 43.2 Å². The molecule has 28 heavy (non-hydrogen) atoms. The van der Waals surface area contributed by atoms with E-state index < -0.39 is 10.0 Å². The average molecular weight is 461 g/mol. The van der Waals surface area contributed by atoms with E-state index in [1.165, 1.54) is 4.31 Å². The van der Waals surface area contributed by atoms with Gasteiger partial charge in [-0.3, -0.25) is 9.10 Å². The van der Waals surface area contributed by atoms with Crippen LogP contribution in [0.15, 0.2) is 74.6 Å². The number of hydrogen-bond donors (Lipinski definition) is 1. The van der Waals surface area contributed by atoms with Crippen LogP contribution in [-0.4, -0.2) is 20.9 Å². The number of nitrogens with zero attached hydrogens (tertiary/aromatic N) is 1. The zero-order chi connectivity index (χ0) is 19.7. The lowest BCUT2D eigenvalue weighted by Crippen LogP contribution is -2.35. The van der Waals surface area contributed by atoms with Crippen molar-refractivity contribution in [2.45, 2.75) is 17.7 Å². The summed E-state index contributed by atoms with van der Waals surface area (Å²) in [6.45, 7) is 0.427. The molecule has 0 saturated carbocycles. The van der Waals surface area contributed by atoms with Crippen LogP contribution in [0.2, 0.25) is 0 Å². The lowest BCUT2D eigenvalue weighted by atomic mass is 10.0. The molecule has 0 fully saturated rings. The third kappa shape index (κ3) is 3.57. The van der Waals surface area contributed by atoms with Gasteiger partial charge in [-0.1, -0.05) is 18.2 Å². The van der Waals surface area contributed by atoms with E-state index in [9.17, 15) is 13.2 Å². The maximum absolute atomic E-state index is 13.0. The lowest BCUT2D eigenvalue weighted by molar-refractivity contribution is 0.0995. The average Bonchev–Trinajstić information content (AvgIpc) is 3.14. The largest absolute Gasteiger partial charge is 0.444 e. The summed E-state index contributed by atoms with van der Waals surface area (Å²) >= 11 is 3.17. The van der Waals surface area contributed by atoms with Gasteiger partial charge in [0.05, 0.1) is 10.6 Å². The minimum absolute atomic E-state index is 0.192. The summed E-state index contributed by atoms with van der Waals surface area (Å²) in [5.74, 6) is -0.173. The molecule has 2 aromatic carbocycles. The molecule has 1 amide bonds. The highest BCUT2D eigenvalue weighted by molar-refractivity contribution is 9.10. The third-order valence-electron chi connectivity index (χ3n) is 4.54. The number of hydrogen-bond acceptors (Lipinski definition) is 4. The van der Waals surface area contributed by atoms with Gasteiger partial charge in [-0.05, 0) is 76.8 Å². The van der Waals surface area contributed by atoms with Crippen molar-refractivity contribution in [3.05, 3.63) is 76.7 Å². The molecule has 2 heterocycles. The molecule has 0 unspecified atom stereocenters. The number of rotatable bonds is 4. The minimum atomic E-state index is -3.63. The smallest absolute Gasteiger partial charge is 0.291 e. The second-order valence-corrected chi connectivity index (χ2v) is 9.04. The first kappa shape index (κ1) is 18.8. The molecule has 0 saturated heterocycles. The van der Waals surface area contributed by atoms with E-state index in [4.69, 9.17) is 4.42 Å². The number of carbonyl (C=O) groups excluding carboxylic acids is 1. The number of nitrogens with one attached hydrogen (secondary N) is 1. The molecule has 0 aliphatic carbocycles. The van der Waals surface area contributed by atoms with Gasteiger partial charge in [0.15, 0.2) is 10.4 Å². The normalized spacial score (nSPS) is 13.8. The summed E-state index contributed by atoms with van der Waals surface area (Å²) in [5.41, 5.74) is 2.12. The Morgan fingerprint density at radius 1 is 1.07 bits per heavy atom. The molecule has 0 bridgehead atoms. The molecule has 3 aromatic rings. The van der Waals surface area contributed by atoms with Crippen LogP contribution in [0.1, 0.15) is 22.5 Å². The van der Waals surface area contributed by atoms with Gasteiger partial charge in [0, 0.05) is 12.2 Å². The maximum atomic E-state index is 13.0. The van der Waals surface area contributed by atoms with E-state index in [0.717, 1.165) is 12.0 Å². The number of carbonyl (C=O) groups is 1. The fourth-order valence-electron chi connectivity index (χ4n) is 3.24. The highest BCUT2D eigenvalue weighted by atomic mass is 79.9. The molecule has 6 nitrogen and oxygen atoms in total. The standard InChI is InChI=1S/C20H17BrN2O4S/c21-19-11-10-18(27-19)20(24)22-15-8-9-17-14(13-15)5-4-12-23(17)28(25,26)16-6-2-1-3-7-16/h1-3,6-11,13H,4-5,12H2,(H,22,24). The van der Waals surface area contributed by atoms with Crippen molar-refractivity contribution in [1.29, 1.82) is 0 Å². The molecular formula is C20H17BrN2O4S. The fourth-order valence-corrected chi connectivity index (χ4v) is 5.11. The lowest BCUT2D eigenvalue weighted by Gasteiger charge is -2.30. The summed E-state index contributed by atoms with van der Waals surface area (Å²) in [6, 6.07) is 16.9. The van der Waals surface area contributed by atoms with Gasteiger partial charge in [0.25, 0.3) is 15.9 Å². The summed E-state index contributed by atoms with van der Waals surface area (Å²) in [5, 5.41) is 2.79. The molecule has 1 aliphatic rings. The highest BCUT2D eigenvalue weighted by Crippen LogP contribution is 2.34. The molecule has 1 aromatic heterocycles. The SMILES string of the molecule is O=C(Nc1ccc2c(c1)CCCN2S(=O)(=O)c1ccccc1)c1ccc(Br)o1. The number of halogens is 1. The summed E-state index contributed by atoms with van der Waals surface area (Å²) in [7, 11) is -3.63. The number of furan rings is 1. The Balaban J connectivity index is 1.62. The van der Waals surface area contributed by atoms with Crippen molar-refractivity contribution in [2.75, 3.05) is 16.2 Å². The van der Waals surface area contributed by atoms with Gasteiger partial charge < -0.3 is 9.73 Å². The Hall–Kier alpha value is -2.58. The molecule has 1 aliphatic heterocycles. The first-order valence-electron chi connectivity index (χ1n) is 8.72. The Bertz CT molecular complexity index is 1130. The minimum Gasteiger partial charge on any atom is -0.444 e. The highest BCUT2D eigenvalue weighted by Gasteiger charge is 2.29. The third-order valence-corrected chi connectivity index (χ3v) is 6.80. The van der Waals surface area contributed by atoms with E-state index in [1.807, 2.05) is 6.07 Å². The molecule has 4 rings (SSSR count). The first-order chi connectivity index (χ1) is 13.4. The monoisotopic (exact) mass is 460 g/mol. The second-order valence-electron chi connectivity index (χ2n) is 6.40. The maximum Gasteiger partial charge on any atom is 0.291 e. The molecule has 1 N–H and O–H groups in total. The topological polar surface area (TPSA) is 79.6 Å². The number of aryl methyl sites for hydroxylation is 1. The van der Waals surface area contributed by atoms with Crippen molar-refractivity contribution in [1.82, 2.24) is 0 Å². The zero-order valence-electron chi connectivity index (χ0n) is 14.8. The molecule has 144 valence electrons. The van der Waals surface area contributed by atoms with E-state index >= 15 is 0 Å². The van der Waals surface area contributed by atoms with E-state index in [2.05, 4.69) is 21.2 Å². The Morgan fingerprint density at radius 2 is 1.86 bits per heavy atom. The van der Waals surface area contributed by atoms with Crippen LogP contribution in [0.4, 0.5) is 11.4 Å². The van der Waals surface area contributed by atoms with Crippen LogP contribution >= 0.6 is 15.9 Å². The van der Waals surface area contributed by atoms with Gasteiger partial charge in [-0.25, -0.2) is 8.42 Å². The van der Waals surface area contributed by atoms with Gasteiger partial charge >= 0.3 is 0 Å². The van der Waals surface area contributed by atoms with Crippen LogP contribution in [0, 0.1) is 0 Å². The van der Waals surface area contributed by atoms with Crippen molar-refractivity contribution in [3.8, 4) is 0 Å². The second kappa shape index (κ2) is 7.44. The van der Waals surface area contributed by atoms with Gasteiger partial charge in [0.2, 0.25) is 0 Å². The molecule has 0 atom stereocenters. The number of benzene rings is 2. The van der Waals surface area contributed by atoms with E-state index in [0.29, 0.717) is 29.0 Å². The fraction of sp³-hybridized carbons (Fsp3) is 0.150. The molecule has 8 heteroatoms. The van der Waals surface area contributed by atoms with Gasteiger partial charge in [-0.15, -0.1) is 0 Å². The number of fused-ring (bicyclic) bond motifs is 1. The van der Waals surface area contributed by atoms with Crippen LogP contribution in [-0.2, 0) is 16.4 Å². The van der Waals surface area contributed by atoms with Crippen LogP contribution < -0.4 is 9.62 Å². The number of sulfonamides is 1. The zero-order valence-corrected chi connectivity index (χ0v) is 17.2. The van der Waals surface area contributed by atoms with Crippen molar-refractivity contribution in [2.24, 2.45) is 0 Å². The summed E-state index contributed by atoms with van der Waals surface area (Å²) in [6.07, 6.45) is 1.45. The van der Waals surface area contributed by atoms with Gasteiger partial charge in [-0.2, -0.15) is 0 Å². The van der Waals surface area contributed by atoms with E-state index in [1.54, 1.807) is 54.6 Å². The predicted octanol–water partition coefficient (Wildman–Crippen LogP) is 4.44. The Kier molecular flexibility index (Phi) is 4.99. The van der Waals surface area contributed by atoms with Gasteiger partial charge in [0.1, 0.15) is 0 Å². The predicted molar refractivity (Wildman–Crippen MR) is 110 cm³/mol. The van der Waals surface area contributed by atoms with Crippen molar-refractivity contribution in [3.63, 3.8) is 0 Å². The van der Waals surface area contributed by atoms with E-state index in [-0.39, 0.29) is 16.6 Å². The molecule has 0 radical (unpaired) electrons. The Labute approximate surface area is 171 Å². The van der Waals surface area contributed by atoms with Crippen LogP contribution in [0.25, 0.3) is 0 Å². The molecular weight excluding hydrogens is 444 g/mol. The number of anilines is 2. The van der Waals surface area contributed by atoms with Crippen LogP contribution in [0.3, 0.4) is 0 Å². The first-order valence-corrected chi connectivity index (χ1v) is 11.0. The molecule has 0 spiro atoms. The van der Waals surface area contributed by atoms with Crippen LogP contribution in [0.5, 0.6) is 0 Å². The summed E-state index contributed by atoms with van der Waals surface area (Å²) < 4.78 is 33.3. The Morgan fingerprint density at radius 3 is 2.57 bits per heavy atom. The van der Waals surface area contributed by atoms with Crippen molar-refractivity contribution < 1.29 is 17.6 Å². The number of amides is 1. The summed E-state index contributed by atoms with van der Waals surface area (Å²) in [4.78, 5) is 12.5. The quantitative estimate of drug-likeness (QED) is 0.623.